The summed E-state index contributed by atoms with van der Waals surface area (Å²) in [5.74, 6) is 0.928. The number of hydrogen-bond acceptors (Lipinski definition) is 3. The summed E-state index contributed by atoms with van der Waals surface area (Å²) in [7, 11) is 1.29. The number of rotatable bonds is 5. The molecule has 0 saturated heterocycles. The molecule has 0 bridgehead atoms. The fourth-order valence-electron chi connectivity index (χ4n) is 2.35. The Hall–Kier alpha value is -0.720. The van der Waals surface area contributed by atoms with E-state index in [4.69, 9.17) is 0 Å². The summed E-state index contributed by atoms with van der Waals surface area (Å²) in [6.45, 7) is -1.26. The quantitative estimate of drug-likeness (QED) is 0.873. The highest BCUT2D eigenvalue weighted by atomic mass is 32.2. The van der Waals surface area contributed by atoms with Gasteiger partial charge in [-0.15, -0.1) is 11.8 Å². The van der Waals surface area contributed by atoms with E-state index in [1.807, 2.05) is 0 Å². The molecule has 106 valence electrons. The molecule has 0 amide bonds. The topological polar surface area (TPSA) is 32.3 Å². The number of nitrogens with one attached hydrogen (secondary N) is 1. The zero-order chi connectivity index (χ0) is 14.0. The molecule has 2 N–H and O–H groups in total. The van der Waals surface area contributed by atoms with E-state index < -0.39 is 24.7 Å². The Labute approximate surface area is 114 Å². The molecule has 2 unspecified atom stereocenters. The average molecular weight is 291 g/mol. The largest absolute Gasteiger partial charge is 0.381 e. The molecular weight excluding hydrogens is 275 g/mol. The second-order valence-electron chi connectivity index (χ2n) is 4.58. The van der Waals surface area contributed by atoms with Crippen molar-refractivity contribution in [1.29, 1.82) is 0 Å². The predicted octanol–water partition coefficient (Wildman–Crippen LogP) is 2.35. The summed E-state index contributed by atoms with van der Waals surface area (Å²) in [6.07, 6.45) is -1.94. The van der Waals surface area contributed by atoms with Gasteiger partial charge in [-0.1, -0.05) is 12.1 Å². The van der Waals surface area contributed by atoms with Crippen LogP contribution in [-0.2, 0) is 12.0 Å². The third-order valence-corrected chi connectivity index (χ3v) is 4.58. The normalized spacial score (nSPS) is 19.3. The van der Waals surface area contributed by atoms with Crippen molar-refractivity contribution in [3.8, 4) is 0 Å². The summed E-state index contributed by atoms with van der Waals surface area (Å²) in [4.78, 5) is 0.938. The minimum absolute atomic E-state index is 0.197. The highest BCUT2D eigenvalue weighted by Crippen LogP contribution is 2.36. The summed E-state index contributed by atoms with van der Waals surface area (Å²) in [6, 6.07) is 3.31. The van der Waals surface area contributed by atoms with Crippen LogP contribution in [0.3, 0.4) is 0 Å². The maximum atomic E-state index is 13.2. The number of benzene rings is 1. The van der Waals surface area contributed by atoms with Crippen molar-refractivity contribution >= 4 is 11.8 Å². The van der Waals surface area contributed by atoms with Gasteiger partial charge in [0, 0.05) is 10.6 Å². The molecule has 1 aromatic rings. The molecule has 2 atom stereocenters. The van der Waals surface area contributed by atoms with Crippen LogP contribution in [0.4, 0.5) is 13.2 Å². The standard InChI is InChI=1S/C13H16F3NOS/c1-17-11(12(15)16)13(18,7-14)9-3-2-8-4-5-19-10(8)6-9/h2-3,6,11-12,17-18H,4-5,7H2,1H3. The predicted molar refractivity (Wildman–Crippen MR) is 69.6 cm³/mol. The second kappa shape index (κ2) is 5.73. The van der Waals surface area contributed by atoms with Gasteiger partial charge in [0.1, 0.15) is 18.3 Å². The van der Waals surface area contributed by atoms with Gasteiger partial charge in [-0.05, 0) is 30.7 Å². The van der Waals surface area contributed by atoms with Gasteiger partial charge in [0.15, 0.2) is 0 Å². The van der Waals surface area contributed by atoms with Crippen LogP contribution in [0.25, 0.3) is 0 Å². The van der Waals surface area contributed by atoms with Crippen molar-refractivity contribution in [2.24, 2.45) is 0 Å². The highest BCUT2D eigenvalue weighted by Gasteiger charge is 2.43. The number of thioether (sulfide) groups is 1. The van der Waals surface area contributed by atoms with E-state index in [2.05, 4.69) is 5.32 Å². The zero-order valence-electron chi connectivity index (χ0n) is 10.5. The van der Waals surface area contributed by atoms with Crippen LogP contribution in [0.2, 0.25) is 0 Å². The maximum Gasteiger partial charge on any atom is 0.256 e. The van der Waals surface area contributed by atoms with Crippen molar-refractivity contribution in [2.75, 3.05) is 19.5 Å². The molecule has 1 heterocycles. The SMILES string of the molecule is CNC(C(F)F)C(O)(CF)c1ccc2c(c1)SCC2. The first-order valence-electron chi connectivity index (χ1n) is 6.03. The van der Waals surface area contributed by atoms with Gasteiger partial charge in [-0.2, -0.15) is 0 Å². The molecular formula is C13H16F3NOS. The summed E-state index contributed by atoms with van der Waals surface area (Å²) in [5, 5.41) is 12.6. The van der Waals surface area contributed by atoms with Gasteiger partial charge >= 0.3 is 0 Å². The van der Waals surface area contributed by atoms with Crippen molar-refractivity contribution in [3.63, 3.8) is 0 Å². The Morgan fingerprint density at radius 1 is 1.47 bits per heavy atom. The third-order valence-electron chi connectivity index (χ3n) is 3.48. The number of fused-ring (bicyclic) bond motifs is 1. The van der Waals surface area contributed by atoms with Crippen molar-refractivity contribution < 1.29 is 18.3 Å². The number of aryl methyl sites for hydroxylation is 1. The fraction of sp³-hybridized carbons (Fsp3) is 0.538. The van der Waals surface area contributed by atoms with Gasteiger partial charge < -0.3 is 10.4 Å². The Bertz CT molecular complexity index is 458. The molecule has 1 aliphatic heterocycles. The molecule has 19 heavy (non-hydrogen) atoms. The molecule has 0 saturated carbocycles. The Morgan fingerprint density at radius 3 is 2.79 bits per heavy atom. The Morgan fingerprint density at radius 2 is 2.21 bits per heavy atom. The zero-order valence-corrected chi connectivity index (χ0v) is 11.3. The molecule has 0 fully saturated rings. The fourth-order valence-corrected chi connectivity index (χ4v) is 3.46. The molecule has 6 heteroatoms. The van der Waals surface area contributed by atoms with E-state index in [-0.39, 0.29) is 5.56 Å². The first-order valence-corrected chi connectivity index (χ1v) is 7.01. The summed E-state index contributed by atoms with van der Waals surface area (Å²) < 4.78 is 39.1. The highest BCUT2D eigenvalue weighted by molar-refractivity contribution is 7.99. The molecule has 1 aliphatic rings. The monoisotopic (exact) mass is 291 g/mol. The molecule has 0 aliphatic carbocycles. The number of alkyl halides is 3. The second-order valence-corrected chi connectivity index (χ2v) is 5.72. The molecule has 2 nitrogen and oxygen atoms in total. The Balaban J connectivity index is 2.40. The van der Waals surface area contributed by atoms with E-state index >= 15 is 0 Å². The Kier molecular flexibility index (Phi) is 4.43. The van der Waals surface area contributed by atoms with Crippen LogP contribution < -0.4 is 5.32 Å². The van der Waals surface area contributed by atoms with Crippen LogP contribution in [0.5, 0.6) is 0 Å². The lowest BCUT2D eigenvalue weighted by Crippen LogP contribution is -2.53. The van der Waals surface area contributed by atoms with E-state index in [1.54, 1.807) is 23.9 Å². The van der Waals surface area contributed by atoms with Gasteiger partial charge in [0.05, 0.1) is 0 Å². The van der Waals surface area contributed by atoms with E-state index in [9.17, 15) is 18.3 Å². The first-order chi connectivity index (χ1) is 9.02. The van der Waals surface area contributed by atoms with Crippen LogP contribution in [-0.4, -0.2) is 37.0 Å². The van der Waals surface area contributed by atoms with Crippen molar-refractivity contribution in [2.45, 2.75) is 29.4 Å². The van der Waals surface area contributed by atoms with Crippen molar-refractivity contribution in [3.05, 3.63) is 29.3 Å². The number of aliphatic hydroxyl groups is 1. The lowest BCUT2D eigenvalue weighted by Gasteiger charge is -2.33. The molecule has 1 aromatic carbocycles. The first kappa shape index (κ1) is 14.7. The molecule has 0 radical (unpaired) electrons. The van der Waals surface area contributed by atoms with Crippen molar-refractivity contribution in [1.82, 2.24) is 5.32 Å². The number of halogens is 3. The molecule has 0 aromatic heterocycles. The lowest BCUT2D eigenvalue weighted by molar-refractivity contribution is -0.0750. The van der Waals surface area contributed by atoms with E-state index in [0.717, 1.165) is 22.6 Å². The third kappa shape index (κ3) is 2.61. The number of hydrogen-bond donors (Lipinski definition) is 2. The van der Waals surface area contributed by atoms with Gasteiger partial charge in [0.2, 0.25) is 0 Å². The van der Waals surface area contributed by atoms with Crippen LogP contribution in [0, 0.1) is 0 Å². The minimum Gasteiger partial charge on any atom is -0.381 e. The average Bonchev–Trinajstić information content (AvgIpc) is 2.85. The van der Waals surface area contributed by atoms with Gasteiger partial charge in [-0.25, -0.2) is 13.2 Å². The molecule has 0 spiro atoms. The summed E-state index contributed by atoms with van der Waals surface area (Å²) >= 11 is 1.59. The van der Waals surface area contributed by atoms with E-state index in [1.165, 1.54) is 13.1 Å². The van der Waals surface area contributed by atoms with Gasteiger partial charge in [-0.3, -0.25) is 0 Å². The number of likely N-dealkylation sites (N-methyl/N-ethyl adjacent to an activating group) is 1. The van der Waals surface area contributed by atoms with Crippen LogP contribution in [0.1, 0.15) is 11.1 Å². The van der Waals surface area contributed by atoms with Crippen LogP contribution >= 0.6 is 11.8 Å². The van der Waals surface area contributed by atoms with Gasteiger partial charge in [0.25, 0.3) is 6.43 Å². The summed E-state index contributed by atoms with van der Waals surface area (Å²) in [5.41, 5.74) is -0.892. The van der Waals surface area contributed by atoms with E-state index in [0.29, 0.717) is 0 Å². The molecule has 2 rings (SSSR count). The lowest BCUT2D eigenvalue weighted by atomic mass is 9.87. The smallest absolute Gasteiger partial charge is 0.256 e. The maximum absolute atomic E-state index is 13.2. The minimum atomic E-state index is -2.85. The van der Waals surface area contributed by atoms with Crippen LogP contribution in [0.15, 0.2) is 23.1 Å².